The summed E-state index contributed by atoms with van der Waals surface area (Å²) in [5.74, 6) is -0.473. The van der Waals surface area contributed by atoms with Crippen molar-refractivity contribution >= 4 is 44.0 Å². The molecule has 43 heavy (non-hydrogen) atoms. The molecule has 2 aliphatic rings. The first-order valence-electron chi connectivity index (χ1n) is 14.6. The van der Waals surface area contributed by atoms with Gasteiger partial charge < -0.3 is 15.8 Å². The predicted molar refractivity (Wildman–Crippen MR) is 168 cm³/mol. The zero-order valence-corrected chi connectivity index (χ0v) is 25.8. The van der Waals surface area contributed by atoms with Gasteiger partial charge in [0, 0.05) is 28.9 Å². The highest BCUT2D eigenvalue weighted by Crippen LogP contribution is 2.42. The lowest BCUT2D eigenvalue weighted by Crippen LogP contribution is -2.51. The molecule has 9 nitrogen and oxygen atoms in total. The fourth-order valence-electron chi connectivity index (χ4n) is 6.10. The largest absolute Gasteiger partial charge is 0.383 e. The van der Waals surface area contributed by atoms with Crippen molar-refractivity contribution in [1.29, 1.82) is 0 Å². The van der Waals surface area contributed by atoms with Gasteiger partial charge in [-0.05, 0) is 74.8 Å². The van der Waals surface area contributed by atoms with Gasteiger partial charge in [-0.3, -0.25) is 9.40 Å². The van der Waals surface area contributed by atoms with Crippen LogP contribution in [0, 0.1) is 5.82 Å². The third kappa shape index (κ3) is 6.22. The zero-order valence-electron chi connectivity index (χ0n) is 24.2. The van der Waals surface area contributed by atoms with Crippen molar-refractivity contribution in [2.24, 2.45) is 0 Å². The highest BCUT2D eigenvalue weighted by atomic mass is 35.5. The van der Waals surface area contributed by atoms with Gasteiger partial charge in [-0.1, -0.05) is 35.9 Å². The molecule has 4 N–H and O–H groups in total. The number of fused-ring (bicyclic) bond motifs is 1. The second-order valence-corrected chi connectivity index (χ2v) is 13.9. The molecule has 0 bridgehead atoms. The maximum Gasteiger partial charge on any atom is 0.237 e. The van der Waals surface area contributed by atoms with Crippen molar-refractivity contribution in [2.75, 3.05) is 23.7 Å². The Morgan fingerprint density at radius 2 is 1.86 bits per heavy atom. The molecule has 3 heterocycles. The standard InChI is InChI=1S/C31H36ClFN6O3S/c1-18(2)39-30-24(19-7-10-22(11-8-19)36-23-15-42-16-23)14-35-31(34)28(30)29(37-39)20-9-12-27(26(33)13-20)38-43(40,41)17-21-5-3-4-6-25(21)32/h3-6,9,12-14,18-19,22-23,36,38H,7-8,10-11,15-17H2,1-2H3,(H2,34,35)/t19-,22-. The number of nitrogens with zero attached hydrogens (tertiary/aromatic N) is 3. The molecule has 12 heteroatoms. The number of aromatic nitrogens is 3. The Morgan fingerprint density at radius 1 is 1.12 bits per heavy atom. The average Bonchev–Trinajstić information content (AvgIpc) is 3.36. The van der Waals surface area contributed by atoms with Gasteiger partial charge in [0.25, 0.3) is 0 Å². The van der Waals surface area contributed by atoms with Gasteiger partial charge in [-0.15, -0.1) is 0 Å². The number of nitrogen functional groups attached to an aromatic ring is 1. The topological polar surface area (TPSA) is 124 Å². The minimum absolute atomic E-state index is 0.0224. The Hall–Kier alpha value is -3.25. The van der Waals surface area contributed by atoms with Crippen LogP contribution in [-0.2, 0) is 20.5 Å². The Morgan fingerprint density at radius 3 is 2.51 bits per heavy atom. The van der Waals surface area contributed by atoms with E-state index in [-0.39, 0.29) is 17.5 Å². The van der Waals surface area contributed by atoms with E-state index in [0.717, 1.165) is 50.0 Å². The first kappa shape index (κ1) is 29.8. The summed E-state index contributed by atoms with van der Waals surface area (Å²) in [4.78, 5) is 4.56. The molecule has 2 aromatic carbocycles. The van der Waals surface area contributed by atoms with Crippen molar-refractivity contribution in [3.05, 3.63) is 70.6 Å². The molecule has 1 saturated carbocycles. The maximum atomic E-state index is 15.4. The molecule has 0 amide bonds. The lowest BCUT2D eigenvalue weighted by atomic mass is 9.81. The molecule has 2 aromatic heterocycles. The minimum Gasteiger partial charge on any atom is -0.383 e. The number of hydrogen-bond donors (Lipinski definition) is 3. The number of pyridine rings is 1. The number of halogens is 2. The third-order valence-corrected chi connectivity index (χ3v) is 9.95. The Bertz CT molecular complexity index is 1750. The fraction of sp³-hybridized carbons (Fsp3) is 0.419. The number of anilines is 2. The number of rotatable bonds is 9. The second-order valence-electron chi connectivity index (χ2n) is 11.8. The molecule has 4 aromatic rings. The van der Waals surface area contributed by atoms with Crippen LogP contribution in [0.15, 0.2) is 48.7 Å². The predicted octanol–water partition coefficient (Wildman–Crippen LogP) is 6.01. The highest BCUT2D eigenvalue weighted by molar-refractivity contribution is 7.91. The molecule has 1 aliphatic carbocycles. The van der Waals surface area contributed by atoms with Gasteiger partial charge in [-0.25, -0.2) is 17.8 Å². The van der Waals surface area contributed by atoms with Gasteiger partial charge in [0.1, 0.15) is 17.3 Å². The van der Waals surface area contributed by atoms with Gasteiger partial charge in [0.05, 0.1) is 41.6 Å². The first-order valence-corrected chi connectivity index (χ1v) is 16.7. The number of ether oxygens (including phenoxy) is 1. The van der Waals surface area contributed by atoms with E-state index in [1.807, 2.05) is 10.9 Å². The minimum atomic E-state index is -3.92. The SMILES string of the molecule is CC(C)n1nc(-c2ccc(NS(=O)(=O)Cc3ccccc3Cl)c(F)c2)c2c(N)ncc([C@H]3CC[C@H](NC4COC4)CC3)c21. The molecule has 0 radical (unpaired) electrons. The molecule has 0 unspecified atom stereocenters. The number of sulfonamides is 1. The van der Waals surface area contributed by atoms with E-state index in [2.05, 4.69) is 28.9 Å². The van der Waals surface area contributed by atoms with Gasteiger partial charge in [0.15, 0.2) is 0 Å². The molecular formula is C31H36ClFN6O3S. The number of benzene rings is 2. The monoisotopic (exact) mass is 626 g/mol. The maximum absolute atomic E-state index is 15.4. The quantitative estimate of drug-likeness (QED) is 0.208. The lowest BCUT2D eigenvalue weighted by Gasteiger charge is -2.35. The smallest absolute Gasteiger partial charge is 0.237 e. The molecule has 1 saturated heterocycles. The third-order valence-electron chi connectivity index (χ3n) is 8.36. The normalized spacial score (nSPS) is 19.6. The van der Waals surface area contributed by atoms with E-state index in [9.17, 15) is 8.42 Å². The van der Waals surface area contributed by atoms with E-state index in [0.29, 0.717) is 51.0 Å². The summed E-state index contributed by atoms with van der Waals surface area (Å²) in [6.45, 7) is 5.68. The van der Waals surface area contributed by atoms with Crippen LogP contribution in [0.2, 0.25) is 5.02 Å². The van der Waals surface area contributed by atoms with Gasteiger partial charge in [0.2, 0.25) is 10.0 Å². The molecule has 6 rings (SSSR count). The zero-order chi connectivity index (χ0) is 30.3. The Labute approximate surface area is 256 Å². The van der Waals surface area contributed by atoms with Crippen molar-refractivity contribution in [3.8, 4) is 11.3 Å². The molecule has 228 valence electrons. The molecular weight excluding hydrogens is 591 g/mol. The van der Waals surface area contributed by atoms with E-state index in [1.54, 1.807) is 30.3 Å². The summed E-state index contributed by atoms with van der Waals surface area (Å²) in [6, 6.07) is 12.0. The van der Waals surface area contributed by atoms with Crippen LogP contribution in [0.5, 0.6) is 0 Å². The van der Waals surface area contributed by atoms with Crippen molar-refractivity contribution < 1.29 is 17.5 Å². The summed E-state index contributed by atoms with van der Waals surface area (Å²) >= 11 is 6.13. The summed E-state index contributed by atoms with van der Waals surface area (Å²) < 4.78 is 50.7. The summed E-state index contributed by atoms with van der Waals surface area (Å²) in [7, 11) is -3.92. The number of nitrogens with two attached hydrogens (primary N) is 1. The van der Waals surface area contributed by atoms with Crippen molar-refractivity contribution in [1.82, 2.24) is 20.1 Å². The van der Waals surface area contributed by atoms with Crippen molar-refractivity contribution in [3.63, 3.8) is 0 Å². The lowest BCUT2D eigenvalue weighted by molar-refractivity contribution is -0.0121. The van der Waals surface area contributed by atoms with E-state index < -0.39 is 15.8 Å². The van der Waals surface area contributed by atoms with E-state index >= 15 is 4.39 Å². The van der Waals surface area contributed by atoms with Crippen LogP contribution < -0.4 is 15.8 Å². The van der Waals surface area contributed by atoms with E-state index in [1.165, 1.54) is 12.1 Å². The van der Waals surface area contributed by atoms with Crippen LogP contribution in [-0.4, -0.2) is 48.5 Å². The van der Waals surface area contributed by atoms with Gasteiger partial charge >= 0.3 is 0 Å². The second kappa shape index (κ2) is 12.0. The first-order chi connectivity index (χ1) is 20.6. The van der Waals surface area contributed by atoms with Crippen LogP contribution >= 0.6 is 11.6 Å². The van der Waals surface area contributed by atoms with Gasteiger partial charge in [-0.2, -0.15) is 5.10 Å². The molecule has 1 aliphatic heterocycles. The van der Waals surface area contributed by atoms with E-state index in [4.69, 9.17) is 27.2 Å². The fourth-order valence-corrected chi connectivity index (χ4v) is 7.61. The van der Waals surface area contributed by atoms with Crippen LogP contribution in [0.4, 0.5) is 15.9 Å². The summed E-state index contributed by atoms with van der Waals surface area (Å²) in [6.07, 6.45) is 6.03. The number of nitrogens with one attached hydrogen (secondary N) is 2. The Balaban J connectivity index is 1.29. The van der Waals surface area contributed by atoms with Crippen LogP contribution in [0.1, 0.15) is 62.6 Å². The van der Waals surface area contributed by atoms with Crippen LogP contribution in [0.3, 0.4) is 0 Å². The summed E-state index contributed by atoms with van der Waals surface area (Å²) in [5.41, 5.74) is 9.75. The summed E-state index contributed by atoms with van der Waals surface area (Å²) in [5, 5.41) is 9.63. The molecule has 2 fully saturated rings. The van der Waals surface area contributed by atoms with Crippen molar-refractivity contribution in [2.45, 2.75) is 69.3 Å². The Kier molecular flexibility index (Phi) is 8.34. The van der Waals surface area contributed by atoms with Crippen LogP contribution in [0.25, 0.3) is 22.2 Å². The average molecular weight is 627 g/mol. The highest BCUT2D eigenvalue weighted by Gasteiger charge is 2.30. The molecule has 0 spiro atoms. The molecule has 0 atom stereocenters. The number of hydrogen-bond acceptors (Lipinski definition) is 7.